The molecule has 1 amide bonds. The first-order chi connectivity index (χ1) is 10.7. The number of aromatic nitrogens is 1. The van der Waals surface area contributed by atoms with Crippen molar-refractivity contribution in [3.8, 4) is 5.75 Å². The summed E-state index contributed by atoms with van der Waals surface area (Å²) in [5.74, 6) is -0.923. The molecule has 0 bridgehead atoms. The minimum atomic E-state index is -4.66. The molecular weight excluding hydrogens is 333 g/mol. The van der Waals surface area contributed by atoms with Gasteiger partial charge in [-0.05, 0) is 31.2 Å². The molecular formula is C15H12ClF3N2O2. The Kier molecular flexibility index (Phi) is 4.79. The molecule has 0 saturated heterocycles. The molecule has 1 unspecified atom stereocenters. The molecule has 8 heteroatoms. The molecule has 2 aromatic rings. The van der Waals surface area contributed by atoms with Gasteiger partial charge in [-0.2, -0.15) is 13.2 Å². The van der Waals surface area contributed by atoms with Crippen molar-refractivity contribution < 1.29 is 23.1 Å². The number of nitrogens with zero attached hydrogens (tertiary/aromatic N) is 1. The van der Waals surface area contributed by atoms with Crippen LogP contribution in [0.2, 0.25) is 5.02 Å². The van der Waals surface area contributed by atoms with Crippen LogP contribution in [-0.4, -0.2) is 16.0 Å². The van der Waals surface area contributed by atoms with E-state index < -0.39 is 34.5 Å². The quantitative estimate of drug-likeness (QED) is 0.886. The molecule has 0 radical (unpaired) electrons. The number of pyridine rings is 1. The molecule has 0 aliphatic rings. The SMILES string of the molecule is CC(NC(=O)c1ccncc1)c1cc(C(F)(F)F)c(Cl)cc1O. The summed E-state index contributed by atoms with van der Waals surface area (Å²) in [5.41, 5.74) is -0.850. The largest absolute Gasteiger partial charge is 0.508 e. The lowest BCUT2D eigenvalue weighted by atomic mass is 10.0. The average molecular weight is 345 g/mol. The average Bonchev–Trinajstić information content (AvgIpc) is 2.46. The predicted octanol–water partition coefficient (Wildman–Crippen LogP) is 3.95. The van der Waals surface area contributed by atoms with Gasteiger partial charge in [0.2, 0.25) is 0 Å². The van der Waals surface area contributed by atoms with Gasteiger partial charge in [-0.15, -0.1) is 0 Å². The van der Waals surface area contributed by atoms with Gasteiger partial charge in [-0.25, -0.2) is 0 Å². The minimum absolute atomic E-state index is 0.0795. The van der Waals surface area contributed by atoms with Crippen LogP contribution in [0.15, 0.2) is 36.7 Å². The number of carbonyl (C=O) groups is 1. The van der Waals surface area contributed by atoms with Crippen molar-refractivity contribution in [1.29, 1.82) is 0 Å². The third-order valence-electron chi connectivity index (χ3n) is 3.18. The molecule has 4 nitrogen and oxygen atoms in total. The van der Waals surface area contributed by atoms with E-state index in [9.17, 15) is 23.1 Å². The van der Waals surface area contributed by atoms with Gasteiger partial charge in [0.25, 0.3) is 5.91 Å². The van der Waals surface area contributed by atoms with E-state index in [0.717, 1.165) is 12.1 Å². The second-order valence-electron chi connectivity index (χ2n) is 4.82. The van der Waals surface area contributed by atoms with Gasteiger partial charge in [-0.1, -0.05) is 11.6 Å². The smallest absolute Gasteiger partial charge is 0.417 e. The molecule has 2 N–H and O–H groups in total. The van der Waals surface area contributed by atoms with E-state index in [0.29, 0.717) is 5.56 Å². The van der Waals surface area contributed by atoms with Gasteiger partial charge in [0.15, 0.2) is 0 Å². The lowest BCUT2D eigenvalue weighted by Gasteiger charge is -2.18. The summed E-state index contributed by atoms with van der Waals surface area (Å²) >= 11 is 5.52. The molecule has 1 atom stereocenters. The molecule has 0 aliphatic carbocycles. The number of carbonyl (C=O) groups excluding carboxylic acids is 1. The third-order valence-corrected chi connectivity index (χ3v) is 3.49. The van der Waals surface area contributed by atoms with Crippen LogP contribution < -0.4 is 5.32 Å². The zero-order chi connectivity index (χ0) is 17.2. The summed E-state index contributed by atoms with van der Waals surface area (Å²) in [6, 6.07) is 3.62. The Labute approximate surface area is 134 Å². The van der Waals surface area contributed by atoms with Crippen LogP contribution in [-0.2, 0) is 6.18 Å². The third kappa shape index (κ3) is 3.92. The maximum absolute atomic E-state index is 12.9. The van der Waals surface area contributed by atoms with Gasteiger partial charge in [0.1, 0.15) is 5.75 Å². The second kappa shape index (κ2) is 6.45. The Morgan fingerprint density at radius 2 is 1.91 bits per heavy atom. The number of rotatable bonds is 3. The first-order valence-electron chi connectivity index (χ1n) is 6.50. The Morgan fingerprint density at radius 3 is 2.48 bits per heavy atom. The minimum Gasteiger partial charge on any atom is -0.508 e. The molecule has 0 aliphatic heterocycles. The van der Waals surface area contributed by atoms with E-state index in [4.69, 9.17) is 11.6 Å². The first-order valence-corrected chi connectivity index (χ1v) is 6.88. The number of aromatic hydroxyl groups is 1. The lowest BCUT2D eigenvalue weighted by molar-refractivity contribution is -0.137. The maximum atomic E-state index is 12.9. The highest BCUT2D eigenvalue weighted by atomic mass is 35.5. The van der Waals surface area contributed by atoms with Crippen LogP contribution in [0.25, 0.3) is 0 Å². The summed E-state index contributed by atoms with van der Waals surface area (Å²) < 4.78 is 38.7. The number of halogens is 4. The van der Waals surface area contributed by atoms with Crippen molar-refractivity contribution in [2.75, 3.05) is 0 Å². The van der Waals surface area contributed by atoms with Gasteiger partial charge in [0.05, 0.1) is 16.6 Å². The predicted molar refractivity (Wildman–Crippen MR) is 78.2 cm³/mol. The van der Waals surface area contributed by atoms with Crippen LogP contribution in [0.3, 0.4) is 0 Å². The van der Waals surface area contributed by atoms with E-state index >= 15 is 0 Å². The Hall–Kier alpha value is -2.28. The summed E-state index contributed by atoms with van der Waals surface area (Å²) in [7, 11) is 0. The van der Waals surface area contributed by atoms with Crippen molar-refractivity contribution in [1.82, 2.24) is 10.3 Å². The summed E-state index contributed by atoms with van der Waals surface area (Å²) in [5, 5.41) is 11.7. The van der Waals surface area contributed by atoms with E-state index in [1.807, 2.05) is 0 Å². The topological polar surface area (TPSA) is 62.2 Å². The number of phenolic OH excluding ortho intramolecular Hbond substituents is 1. The standard InChI is InChI=1S/C15H12ClF3N2O2/c1-8(21-14(23)9-2-4-20-5-3-9)10-6-11(15(17,18)19)12(16)7-13(10)22/h2-8,22H,1H3,(H,21,23). The number of amides is 1. The van der Waals surface area contributed by atoms with Crippen molar-refractivity contribution in [3.05, 3.63) is 58.4 Å². The second-order valence-corrected chi connectivity index (χ2v) is 5.23. The lowest BCUT2D eigenvalue weighted by Crippen LogP contribution is -2.27. The highest BCUT2D eigenvalue weighted by Gasteiger charge is 2.34. The van der Waals surface area contributed by atoms with Crippen LogP contribution >= 0.6 is 11.6 Å². The highest BCUT2D eigenvalue weighted by molar-refractivity contribution is 6.31. The van der Waals surface area contributed by atoms with Gasteiger partial charge >= 0.3 is 6.18 Å². The van der Waals surface area contributed by atoms with Gasteiger partial charge < -0.3 is 10.4 Å². The van der Waals surface area contributed by atoms with E-state index in [1.165, 1.54) is 31.5 Å². The van der Waals surface area contributed by atoms with Gasteiger partial charge in [-0.3, -0.25) is 9.78 Å². The number of hydrogen-bond donors (Lipinski definition) is 2. The summed E-state index contributed by atoms with van der Waals surface area (Å²) in [6.07, 6.45) is -1.82. The Morgan fingerprint density at radius 1 is 1.30 bits per heavy atom. The van der Waals surface area contributed by atoms with Crippen molar-refractivity contribution in [2.24, 2.45) is 0 Å². The fourth-order valence-electron chi connectivity index (χ4n) is 2.00. The molecule has 0 spiro atoms. The molecule has 1 heterocycles. The number of phenols is 1. The van der Waals surface area contributed by atoms with Crippen LogP contribution in [0.1, 0.15) is 34.5 Å². The number of benzene rings is 1. The van der Waals surface area contributed by atoms with Crippen molar-refractivity contribution in [3.63, 3.8) is 0 Å². The first kappa shape index (κ1) is 17.1. The van der Waals surface area contributed by atoms with E-state index in [2.05, 4.69) is 10.3 Å². The van der Waals surface area contributed by atoms with Gasteiger partial charge in [0, 0.05) is 23.5 Å². The van der Waals surface area contributed by atoms with Crippen LogP contribution in [0, 0.1) is 0 Å². The van der Waals surface area contributed by atoms with Crippen LogP contribution in [0.4, 0.5) is 13.2 Å². The summed E-state index contributed by atoms with van der Waals surface area (Å²) in [4.78, 5) is 15.8. The van der Waals surface area contributed by atoms with Crippen molar-refractivity contribution >= 4 is 17.5 Å². The maximum Gasteiger partial charge on any atom is 0.417 e. The zero-order valence-electron chi connectivity index (χ0n) is 11.9. The monoisotopic (exact) mass is 344 g/mol. The van der Waals surface area contributed by atoms with Crippen molar-refractivity contribution in [2.45, 2.75) is 19.1 Å². The Bertz CT molecular complexity index is 721. The molecule has 1 aromatic carbocycles. The molecule has 0 saturated carbocycles. The fourth-order valence-corrected chi connectivity index (χ4v) is 2.27. The van der Waals surface area contributed by atoms with E-state index in [1.54, 1.807) is 0 Å². The number of alkyl halides is 3. The highest BCUT2D eigenvalue weighted by Crippen LogP contribution is 2.39. The normalized spacial score (nSPS) is 12.7. The molecule has 122 valence electrons. The number of nitrogens with one attached hydrogen (secondary N) is 1. The van der Waals surface area contributed by atoms with Crippen LogP contribution in [0.5, 0.6) is 5.75 Å². The Balaban J connectivity index is 2.29. The fraction of sp³-hybridized carbons (Fsp3) is 0.200. The molecule has 23 heavy (non-hydrogen) atoms. The molecule has 0 fully saturated rings. The summed E-state index contributed by atoms with van der Waals surface area (Å²) in [6.45, 7) is 1.46. The number of hydrogen-bond acceptors (Lipinski definition) is 3. The molecule has 2 rings (SSSR count). The zero-order valence-corrected chi connectivity index (χ0v) is 12.6. The molecule has 1 aromatic heterocycles. The van der Waals surface area contributed by atoms with E-state index in [-0.39, 0.29) is 5.56 Å².